The second-order valence-electron chi connectivity index (χ2n) is 8.84. The van der Waals surface area contributed by atoms with E-state index in [4.69, 9.17) is 4.74 Å². The van der Waals surface area contributed by atoms with Gasteiger partial charge in [0.15, 0.2) is 5.75 Å². The minimum absolute atomic E-state index is 0.0374. The Bertz CT molecular complexity index is 813. The predicted molar refractivity (Wildman–Crippen MR) is 128 cm³/mol. The van der Waals surface area contributed by atoms with Gasteiger partial charge in [-0.25, -0.2) is 0 Å². The molecule has 3 rings (SSSR count). The molecule has 0 bridgehead atoms. The molecule has 1 aromatic carbocycles. The fourth-order valence-electron chi connectivity index (χ4n) is 4.10. The maximum atomic E-state index is 12.7. The van der Waals surface area contributed by atoms with Gasteiger partial charge in [0.05, 0.1) is 0 Å². The van der Waals surface area contributed by atoms with Crippen LogP contribution in [0.15, 0.2) is 53.5 Å². The fourth-order valence-corrected chi connectivity index (χ4v) is 4.10. The van der Waals surface area contributed by atoms with E-state index in [1.807, 2.05) is 42.6 Å². The lowest BCUT2D eigenvalue weighted by molar-refractivity contribution is 0.127. The molecule has 2 heterocycles. The second-order valence-corrected chi connectivity index (χ2v) is 8.84. The first-order valence-electron chi connectivity index (χ1n) is 12.0. The van der Waals surface area contributed by atoms with Crippen LogP contribution in [0.1, 0.15) is 45.1 Å². The van der Waals surface area contributed by atoms with Crippen LogP contribution in [-0.2, 0) is 13.2 Å². The maximum Gasteiger partial charge on any atom is 0.292 e. The van der Waals surface area contributed by atoms with Gasteiger partial charge in [0.2, 0.25) is 0 Å². The Labute approximate surface area is 187 Å². The molecule has 1 aromatic heterocycles. The Morgan fingerprint density at radius 3 is 2.26 bits per heavy atom. The number of pyridine rings is 1. The molecule has 2 aromatic rings. The number of benzene rings is 1. The Kier molecular flexibility index (Phi) is 9.63. The summed E-state index contributed by atoms with van der Waals surface area (Å²) in [7, 11) is 0. The van der Waals surface area contributed by atoms with Crippen LogP contribution in [-0.4, -0.2) is 53.6 Å². The van der Waals surface area contributed by atoms with Crippen molar-refractivity contribution in [3.63, 3.8) is 0 Å². The van der Waals surface area contributed by atoms with Gasteiger partial charge in [-0.05, 0) is 56.0 Å². The van der Waals surface area contributed by atoms with Gasteiger partial charge in [-0.3, -0.25) is 4.79 Å². The average Bonchev–Trinajstić information content (AvgIpc) is 2.81. The van der Waals surface area contributed by atoms with Crippen LogP contribution in [0.2, 0.25) is 0 Å². The van der Waals surface area contributed by atoms with E-state index in [1.165, 1.54) is 38.9 Å². The van der Waals surface area contributed by atoms with Gasteiger partial charge in [-0.15, -0.1) is 0 Å². The molecule has 0 N–H and O–H groups in total. The minimum Gasteiger partial charge on any atom is -0.483 e. The molecule has 0 spiro atoms. The van der Waals surface area contributed by atoms with Crippen molar-refractivity contribution in [2.45, 2.75) is 52.7 Å². The van der Waals surface area contributed by atoms with Crippen molar-refractivity contribution in [3.8, 4) is 5.75 Å². The van der Waals surface area contributed by atoms with Gasteiger partial charge >= 0.3 is 0 Å². The summed E-state index contributed by atoms with van der Waals surface area (Å²) < 4.78 is 7.56. The highest BCUT2D eigenvalue weighted by atomic mass is 16.5. The molecule has 1 unspecified atom stereocenters. The van der Waals surface area contributed by atoms with E-state index in [0.717, 1.165) is 44.1 Å². The van der Waals surface area contributed by atoms with Gasteiger partial charge in [-0.1, -0.05) is 50.6 Å². The van der Waals surface area contributed by atoms with Crippen molar-refractivity contribution >= 4 is 0 Å². The number of hydrogen-bond donors (Lipinski definition) is 0. The third kappa shape index (κ3) is 7.82. The van der Waals surface area contributed by atoms with Crippen molar-refractivity contribution < 1.29 is 4.74 Å². The highest BCUT2D eigenvalue weighted by molar-refractivity contribution is 5.19. The zero-order valence-electron chi connectivity index (χ0n) is 19.3. The molecule has 1 atom stereocenters. The number of aryl methyl sites for hydroxylation is 1. The van der Waals surface area contributed by atoms with Crippen LogP contribution in [0.25, 0.3) is 0 Å². The number of aromatic nitrogens is 1. The van der Waals surface area contributed by atoms with Crippen LogP contribution in [0.3, 0.4) is 0 Å². The predicted octanol–water partition coefficient (Wildman–Crippen LogP) is 4.26. The van der Waals surface area contributed by atoms with Gasteiger partial charge in [0.1, 0.15) is 6.61 Å². The number of rotatable bonds is 12. The summed E-state index contributed by atoms with van der Waals surface area (Å²) in [6, 6.07) is 13.6. The van der Waals surface area contributed by atoms with E-state index < -0.39 is 0 Å². The smallest absolute Gasteiger partial charge is 0.292 e. The van der Waals surface area contributed by atoms with Crippen molar-refractivity contribution in [2.24, 2.45) is 5.92 Å². The molecular weight excluding hydrogens is 386 g/mol. The molecule has 31 heavy (non-hydrogen) atoms. The first-order valence-corrected chi connectivity index (χ1v) is 12.0. The lowest BCUT2D eigenvalue weighted by atomic mass is 10.0. The van der Waals surface area contributed by atoms with Crippen LogP contribution in [0.4, 0.5) is 0 Å². The van der Waals surface area contributed by atoms with Crippen molar-refractivity contribution in [2.75, 3.05) is 39.3 Å². The summed E-state index contributed by atoms with van der Waals surface area (Å²) in [5, 5.41) is 0. The molecule has 5 nitrogen and oxygen atoms in total. The quantitative estimate of drug-likeness (QED) is 0.509. The number of piperazine rings is 1. The summed E-state index contributed by atoms with van der Waals surface area (Å²) >= 11 is 0. The van der Waals surface area contributed by atoms with Gasteiger partial charge < -0.3 is 19.1 Å². The van der Waals surface area contributed by atoms with E-state index in [9.17, 15) is 4.79 Å². The van der Waals surface area contributed by atoms with Crippen molar-refractivity contribution in [3.05, 3.63) is 64.6 Å². The van der Waals surface area contributed by atoms with Crippen LogP contribution in [0.5, 0.6) is 5.75 Å². The highest BCUT2D eigenvalue weighted by Crippen LogP contribution is 2.12. The third-order valence-corrected chi connectivity index (χ3v) is 6.43. The number of ether oxygens (including phenoxy) is 1. The summed E-state index contributed by atoms with van der Waals surface area (Å²) in [6.07, 6.45) is 6.81. The maximum absolute atomic E-state index is 12.7. The molecule has 0 saturated carbocycles. The molecule has 0 amide bonds. The Balaban J connectivity index is 1.37. The highest BCUT2D eigenvalue weighted by Gasteiger charge is 2.16. The Morgan fingerprint density at radius 2 is 1.58 bits per heavy atom. The van der Waals surface area contributed by atoms with E-state index in [1.54, 1.807) is 10.6 Å². The van der Waals surface area contributed by atoms with Crippen LogP contribution >= 0.6 is 0 Å². The number of nitrogens with zero attached hydrogens (tertiary/aromatic N) is 3. The Hall–Kier alpha value is -2.11. The summed E-state index contributed by atoms with van der Waals surface area (Å²) in [5.74, 6) is 1.28. The molecule has 1 fully saturated rings. The van der Waals surface area contributed by atoms with Gasteiger partial charge in [0.25, 0.3) is 5.56 Å². The first-order chi connectivity index (χ1) is 15.2. The zero-order valence-corrected chi connectivity index (χ0v) is 19.3. The molecule has 1 aliphatic heterocycles. The fraction of sp³-hybridized carbons (Fsp3) is 0.577. The SMILES string of the molecule is CCC(C)CCCN1CCN(CCCn2cccc(OCc3ccccc3)c2=O)CC1. The van der Waals surface area contributed by atoms with Crippen LogP contribution < -0.4 is 10.3 Å². The lowest BCUT2D eigenvalue weighted by Crippen LogP contribution is -2.46. The number of hydrogen-bond acceptors (Lipinski definition) is 4. The molecule has 0 radical (unpaired) electrons. The van der Waals surface area contributed by atoms with Gasteiger partial charge in [-0.2, -0.15) is 0 Å². The largest absolute Gasteiger partial charge is 0.483 e. The monoisotopic (exact) mass is 425 g/mol. The Morgan fingerprint density at radius 1 is 0.903 bits per heavy atom. The average molecular weight is 426 g/mol. The van der Waals surface area contributed by atoms with Gasteiger partial charge in [0, 0.05) is 38.9 Å². The van der Waals surface area contributed by atoms with E-state index in [-0.39, 0.29) is 5.56 Å². The molecule has 1 saturated heterocycles. The summed E-state index contributed by atoms with van der Waals surface area (Å²) in [4.78, 5) is 17.8. The normalized spacial score (nSPS) is 16.3. The zero-order chi connectivity index (χ0) is 21.9. The summed E-state index contributed by atoms with van der Waals surface area (Å²) in [5.41, 5.74) is 1.03. The lowest BCUT2D eigenvalue weighted by Gasteiger charge is -2.34. The third-order valence-electron chi connectivity index (χ3n) is 6.43. The minimum atomic E-state index is -0.0374. The van der Waals surface area contributed by atoms with E-state index >= 15 is 0 Å². The molecular formula is C26H39N3O2. The first kappa shape index (κ1) is 23.6. The molecule has 1 aliphatic rings. The molecule has 0 aliphatic carbocycles. The second kappa shape index (κ2) is 12.7. The van der Waals surface area contributed by atoms with Crippen LogP contribution in [0, 0.1) is 5.92 Å². The van der Waals surface area contributed by atoms with E-state index in [2.05, 4.69) is 23.6 Å². The molecule has 170 valence electrons. The van der Waals surface area contributed by atoms with Crippen molar-refractivity contribution in [1.82, 2.24) is 14.4 Å². The summed E-state index contributed by atoms with van der Waals surface area (Å²) in [6.45, 7) is 12.7. The van der Waals surface area contributed by atoms with Crippen molar-refractivity contribution in [1.29, 1.82) is 0 Å². The standard InChI is InChI=1S/C26H39N3O2/c1-3-23(2)10-7-14-27-18-20-28(21-19-27)15-9-17-29-16-8-13-25(26(29)30)31-22-24-11-5-4-6-12-24/h4-6,8,11-13,16,23H,3,7,9-10,14-15,17-22H2,1-2H3. The molecule has 5 heteroatoms. The topological polar surface area (TPSA) is 37.7 Å². The van der Waals surface area contributed by atoms with E-state index in [0.29, 0.717) is 12.4 Å².